The standard InChI is InChI=1S/C13H11ClN2O3S2/c14-12-5-6-13(20-12)21(17,18)16-8-1-2-9-19-11-4-3-7-15-10-11/h3-7,10,16H,8-9H2. The molecule has 0 amide bonds. The minimum Gasteiger partial charge on any atom is -0.479 e. The number of hydrogen-bond acceptors (Lipinski definition) is 5. The van der Waals surface area contributed by atoms with Crippen molar-refractivity contribution in [2.45, 2.75) is 4.21 Å². The lowest BCUT2D eigenvalue weighted by Crippen LogP contribution is -2.23. The number of thiophene rings is 1. The molecule has 110 valence electrons. The lowest BCUT2D eigenvalue weighted by Gasteiger charge is -2.00. The van der Waals surface area contributed by atoms with Crippen molar-refractivity contribution in [3.63, 3.8) is 0 Å². The summed E-state index contributed by atoms with van der Waals surface area (Å²) in [6.07, 6.45) is 3.22. The van der Waals surface area contributed by atoms with E-state index < -0.39 is 10.0 Å². The molecule has 0 saturated carbocycles. The number of halogens is 1. The van der Waals surface area contributed by atoms with E-state index in [1.165, 1.54) is 12.1 Å². The van der Waals surface area contributed by atoms with Crippen LogP contribution in [0.2, 0.25) is 4.34 Å². The van der Waals surface area contributed by atoms with Gasteiger partial charge in [0.25, 0.3) is 10.0 Å². The van der Waals surface area contributed by atoms with Gasteiger partial charge in [-0.25, -0.2) is 8.42 Å². The van der Waals surface area contributed by atoms with Crippen molar-refractivity contribution in [3.8, 4) is 17.6 Å². The zero-order chi connectivity index (χ0) is 15.1. The van der Waals surface area contributed by atoms with Gasteiger partial charge in [-0.15, -0.1) is 11.3 Å². The van der Waals surface area contributed by atoms with Crippen LogP contribution in [0.1, 0.15) is 0 Å². The van der Waals surface area contributed by atoms with Gasteiger partial charge in [0.1, 0.15) is 16.6 Å². The lowest BCUT2D eigenvalue weighted by molar-refractivity contribution is 0.368. The highest BCUT2D eigenvalue weighted by Gasteiger charge is 2.14. The molecule has 0 unspecified atom stereocenters. The second kappa shape index (κ2) is 7.43. The quantitative estimate of drug-likeness (QED) is 0.845. The summed E-state index contributed by atoms with van der Waals surface area (Å²) >= 11 is 6.70. The summed E-state index contributed by atoms with van der Waals surface area (Å²) in [5.74, 6) is 6.00. The molecule has 2 aromatic heterocycles. The van der Waals surface area contributed by atoms with E-state index in [-0.39, 0.29) is 17.4 Å². The van der Waals surface area contributed by atoms with Crippen LogP contribution in [0, 0.1) is 11.8 Å². The minimum atomic E-state index is -3.55. The van der Waals surface area contributed by atoms with Gasteiger partial charge in [-0.2, -0.15) is 4.72 Å². The molecule has 0 atom stereocenters. The largest absolute Gasteiger partial charge is 0.479 e. The SMILES string of the molecule is O=S(=O)(NCC#CCOc1cccnc1)c1ccc(Cl)s1. The van der Waals surface area contributed by atoms with E-state index in [0.29, 0.717) is 10.1 Å². The molecule has 0 saturated heterocycles. The highest BCUT2D eigenvalue weighted by Crippen LogP contribution is 2.25. The van der Waals surface area contributed by atoms with Crippen molar-refractivity contribution in [2.75, 3.05) is 13.2 Å². The maximum atomic E-state index is 11.8. The van der Waals surface area contributed by atoms with Gasteiger partial charge >= 0.3 is 0 Å². The van der Waals surface area contributed by atoms with E-state index in [0.717, 1.165) is 11.3 Å². The number of nitrogens with zero attached hydrogens (tertiary/aromatic N) is 1. The van der Waals surface area contributed by atoms with Gasteiger partial charge in [-0.3, -0.25) is 4.98 Å². The highest BCUT2D eigenvalue weighted by atomic mass is 35.5. The zero-order valence-corrected chi connectivity index (χ0v) is 13.1. The molecular weight excluding hydrogens is 332 g/mol. The molecule has 1 N–H and O–H groups in total. The summed E-state index contributed by atoms with van der Waals surface area (Å²) in [7, 11) is -3.55. The summed E-state index contributed by atoms with van der Waals surface area (Å²) in [6, 6.07) is 6.50. The maximum Gasteiger partial charge on any atom is 0.250 e. The highest BCUT2D eigenvalue weighted by molar-refractivity contribution is 7.91. The average molecular weight is 343 g/mol. The van der Waals surface area contributed by atoms with Crippen LogP contribution in [0.15, 0.2) is 40.9 Å². The number of pyridine rings is 1. The predicted molar refractivity (Wildman–Crippen MR) is 82.0 cm³/mol. The Morgan fingerprint density at radius 2 is 2.19 bits per heavy atom. The van der Waals surface area contributed by atoms with Gasteiger partial charge in [0.2, 0.25) is 0 Å². The Kier molecular flexibility index (Phi) is 5.59. The number of sulfonamides is 1. The third kappa shape index (κ3) is 5.02. The topological polar surface area (TPSA) is 68.3 Å². The van der Waals surface area contributed by atoms with Crippen LogP contribution in [0.4, 0.5) is 0 Å². The van der Waals surface area contributed by atoms with Gasteiger partial charge in [-0.05, 0) is 24.3 Å². The van der Waals surface area contributed by atoms with E-state index in [2.05, 4.69) is 21.5 Å². The molecule has 0 aliphatic heterocycles. The van der Waals surface area contributed by atoms with Crippen LogP contribution in [0.5, 0.6) is 5.75 Å². The summed E-state index contributed by atoms with van der Waals surface area (Å²) in [5.41, 5.74) is 0. The molecule has 2 heterocycles. The first-order valence-electron chi connectivity index (χ1n) is 5.81. The average Bonchev–Trinajstić information content (AvgIpc) is 2.91. The molecule has 0 radical (unpaired) electrons. The third-order valence-corrected chi connectivity index (χ3v) is 5.36. The molecular formula is C13H11ClN2O3S2. The Bertz CT molecular complexity index is 748. The number of nitrogens with one attached hydrogen (secondary N) is 1. The van der Waals surface area contributed by atoms with Crippen molar-refractivity contribution < 1.29 is 13.2 Å². The Hall–Kier alpha value is -1.59. The van der Waals surface area contributed by atoms with Crippen molar-refractivity contribution in [1.82, 2.24) is 9.71 Å². The molecule has 8 heteroatoms. The molecule has 0 aromatic carbocycles. The van der Waals surface area contributed by atoms with Crippen LogP contribution >= 0.6 is 22.9 Å². The first kappa shape index (κ1) is 15.8. The van der Waals surface area contributed by atoms with Crippen molar-refractivity contribution in [1.29, 1.82) is 0 Å². The van der Waals surface area contributed by atoms with E-state index in [1.807, 2.05) is 0 Å². The van der Waals surface area contributed by atoms with E-state index in [1.54, 1.807) is 24.5 Å². The number of rotatable bonds is 5. The summed E-state index contributed by atoms with van der Waals surface area (Å²) in [5, 5.41) is 0. The lowest BCUT2D eigenvalue weighted by atomic mass is 10.5. The van der Waals surface area contributed by atoms with E-state index >= 15 is 0 Å². The second-order valence-electron chi connectivity index (χ2n) is 3.71. The fourth-order valence-corrected chi connectivity index (χ4v) is 3.76. The first-order valence-corrected chi connectivity index (χ1v) is 8.49. The first-order chi connectivity index (χ1) is 10.1. The Morgan fingerprint density at radius 3 is 2.86 bits per heavy atom. The monoisotopic (exact) mass is 342 g/mol. The smallest absolute Gasteiger partial charge is 0.250 e. The Labute approximate surface area is 132 Å². The Balaban J connectivity index is 1.78. The van der Waals surface area contributed by atoms with Gasteiger partial charge in [0.15, 0.2) is 0 Å². The molecule has 2 rings (SSSR count). The zero-order valence-electron chi connectivity index (χ0n) is 10.7. The predicted octanol–water partition coefficient (Wildman–Crippen LogP) is 2.16. The van der Waals surface area contributed by atoms with Crippen LogP contribution in [0.25, 0.3) is 0 Å². The van der Waals surface area contributed by atoms with E-state index in [4.69, 9.17) is 16.3 Å². The fourth-order valence-electron chi connectivity index (χ4n) is 1.31. The summed E-state index contributed by atoms with van der Waals surface area (Å²) in [4.78, 5) is 3.89. The number of aromatic nitrogens is 1. The van der Waals surface area contributed by atoms with Gasteiger partial charge in [0.05, 0.1) is 17.1 Å². The van der Waals surface area contributed by atoms with Gasteiger partial charge in [-0.1, -0.05) is 23.4 Å². The molecule has 0 aliphatic rings. The number of hydrogen-bond donors (Lipinski definition) is 1. The second-order valence-corrected chi connectivity index (χ2v) is 7.42. The third-order valence-electron chi connectivity index (χ3n) is 2.23. The fraction of sp³-hybridized carbons (Fsp3) is 0.154. The normalized spacial score (nSPS) is 10.7. The van der Waals surface area contributed by atoms with Crippen molar-refractivity contribution >= 4 is 33.0 Å². The molecule has 5 nitrogen and oxygen atoms in total. The minimum absolute atomic E-state index is 0.00819. The summed E-state index contributed by atoms with van der Waals surface area (Å²) < 4.78 is 31.9. The van der Waals surface area contributed by atoms with Gasteiger partial charge in [0, 0.05) is 6.20 Å². The van der Waals surface area contributed by atoms with Crippen molar-refractivity contribution in [3.05, 3.63) is 41.0 Å². The van der Waals surface area contributed by atoms with Crippen LogP contribution < -0.4 is 9.46 Å². The molecule has 0 spiro atoms. The summed E-state index contributed by atoms with van der Waals surface area (Å²) in [6.45, 7) is 0.173. The van der Waals surface area contributed by atoms with Gasteiger partial charge < -0.3 is 4.74 Å². The Morgan fingerprint density at radius 1 is 1.33 bits per heavy atom. The van der Waals surface area contributed by atoms with Crippen LogP contribution in [-0.2, 0) is 10.0 Å². The molecule has 21 heavy (non-hydrogen) atoms. The van der Waals surface area contributed by atoms with Crippen LogP contribution in [0.3, 0.4) is 0 Å². The maximum absolute atomic E-state index is 11.8. The molecule has 0 fully saturated rings. The van der Waals surface area contributed by atoms with Crippen LogP contribution in [-0.4, -0.2) is 26.6 Å². The van der Waals surface area contributed by atoms with Crippen molar-refractivity contribution in [2.24, 2.45) is 0 Å². The molecule has 0 aliphatic carbocycles. The van der Waals surface area contributed by atoms with E-state index in [9.17, 15) is 8.42 Å². The molecule has 0 bridgehead atoms. The molecule has 2 aromatic rings. The number of ether oxygens (including phenoxy) is 1.